The number of carbonyl (C=O) groups is 2. The quantitative estimate of drug-likeness (QED) is 0.829. The molecule has 3 rings (SSSR count). The van der Waals surface area contributed by atoms with Crippen LogP contribution in [0.15, 0.2) is 30.3 Å². The van der Waals surface area contributed by atoms with Crippen molar-refractivity contribution in [2.24, 2.45) is 0 Å². The first-order valence-corrected chi connectivity index (χ1v) is 7.97. The molecule has 1 aromatic rings. The molecule has 6 nitrogen and oxygen atoms in total. The lowest BCUT2D eigenvalue weighted by Gasteiger charge is -2.37. The number of piperidine rings is 1. The van der Waals surface area contributed by atoms with Gasteiger partial charge in [0.1, 0.15) is 12.0 Å². The molecule has 0 radical (unpaired) electrons. The standard InChI is InChI=1S/C17H21NO5/c19-10-15(11-4-2-1-3-5-11)16(20)23-14-8-12-6-7-13(9-14)18(12)17(21)22/h1-5,12-15,19H,6-10H2,(H,21,22). The minimum atomic E-state index is -0.889. The Labute approximate surface area is 134 Å². The molecular weight excluding hydrogens is 298 g/mol. The minimum Gasteiger partial charge on any atom is -0.465 e. The first-order valence-electron chi connectivity index (χ1n) is 7.97. The van der Waals surface area contributed by atoms with Crippen LogP contribution in [0, 0.1) is 0 Å². The molecule has 23 heavy (non-hydrogen) atoms. The Kier molecular flexibility index (Phi) is 4.52. The number of rotatable bonds is 4. The van der Waals surface area contributed by atoms with Gasteiger partial charge in [0.15, 0.2) is 0 Å². The van der Waals surface area contributed by atoms with E-state index in [0.717, 1.165) is 18.4 Å². The Balaban J connectivity index is 1.64. The molecule has 0 aromatic heterocycles. The largest absolute Gasteiger partial charge is 0.465 e. The molecule has 0 aliphatic carbocycles. The summed E-state index contributed by atoms with van der Waals surface area (Å²) in [5.41, 5.74) is 0.728. The van der Waals surface area contributed by atoms with Crippen LogP contribution >= 0.6 is 0 Å². The van der Waals surface area contributed by atoms with Crippen molar-refractivity contribution in [2.75, 3.05) is 6.61 Å². The average molecular weight is 319 g/mol. The Bertz CT molecular complexity index is 562. The molecule has 2 fully saturated rings. The second kappa shape index (κ2) is 6.58. The summed E-state index contributed by atoms with van der Waals surface area (Å²) in [6.07, 6.45) is 1.58. The van der Waals surface area contributed by atoms with Crippen molar-refractivity contribution in [1.82, 2.24) is 4.90 Å². The summed E-state index contributed by atoms with van der Waals surface area (Å²) in [4.78, 5) is 25.2. The Hall–Kier alpha value is -2.08. The number of ether oxygens (including phenoxy) is 1. The number of amides is 1. The maximum atomic E-state index is 12.4. The van der Waals surface area contributed by atoms with Crippen LogP contribution in [-0.4, -0.2) is 52.0 Å². The highest BCUT2D eigenvalue weighted by Crippen LogP contribution is 2.37. The molecular formula is C17H21NO5. The van der Waals surface area contributed by atoms with E-state index in [0.29, 0.717) is 12.8 Å². The summed E-state index contributed by atoms with van der Waals surface area (Å²) in [6, 6.07) is 8.94. The molecule has 6 heteroatoms. The molecule has 0 saturated carbocycles. The van der Waals surface area contributed by atoms with Crippen molar-refractivity contribution in [1.29, 1.82) is 0 Å². The van der Waals surface area contributed by atoms with Gasteiger partial charge in [0, 0.05) is 24.9 Å². The normalized spacial score (nSPS) is 27.5. The van der Waals surface area contributed by atoms with Gasteiger partial charge in [-0.1, -0.05) is 30.3 Å². The second-order valence-electron chi connectivity index (χ2n) is 6.25. The highest BCUT2D eigenvalue weighted by molar-refractivity contribution is 5.78. The summed E-state index contributed by atoms with van der Waals surface area (Å²) < 4.78 is 5.59. The minimum absolute atomic E-state index is 0.0617. The smallest absolute Gasteiger partial charge is 0.407 e. The molecule has 2 aliphatic heterocycles. The average Bonchev–Trinajstić information content (AvgIpc) is 2.81. The summed E-state index contributed by atoms with van der Waals surface area (Å²) >= 11 is 0. The number of fused-ring (bicyclic) bond motifs is 2. The maximum Gasteiger partial charge on any atom is 0.407 e. The van der Waals surface area contributed by atoms with Gasteiger partial charge in [0.2, 0.25) is 0 Å². The van der Waals surface area contributed by atoms with Crippen LogP contribution in [0.3, 0.4) is 0 Å². The van der Waals surface area contributed by atoms with E-state index in [-0.39, 0.29) is 24.8 Å². The summed E-state index contributed by atoms with van der Waals surface area (Å²) in [5, 5.41) is 18.8. The molecule has 2 heterocycles. The van der Waals surface area contributed by atoms with Gasteiger partial charge in [0.25, 0.3) is 0 Å². The molecule has 3 atom stereocenters. The van der Waals surface area contributed by atoms with Crippen molar-refractivity contribution in [3.63, 3.8) is 0 Å². The van der Waals surface area contributed by atoms with E-state index in [2.05, 4.69) is 0 Å². The molecule has 2 aliphatic rings. The van der Waals surface area contributed by atoms with Gasteiger partial charge in [-0.15, -0.1) is 0 Å². The van der Waals surface area contributed by atoms with Crippen molar-refractivity contribution in [2.45, 2.75) is 49.8 Å². The number of carbonyl (C=O) groups excluding carboxylic acids is 1. The molecule has 1 amide bonds. The van der Waals surface area contributed by atoms with E-state index >= 15 is 0 Å². The fourth-order valence-electron chi connectivity index (χ4n) is 3.78. The number of nitrogens with zero attached hydrogens (tertiary/aromatic N) is 1. The van der Waals surface area contributed by atoms with Crippen LogP contribution in [0.5, 0.6) is 0 Å². The Morgan fingerprint density at radius 2 is 1.78 bits per heavy atom. The highest BCUT2D eigenvalue weighted by atomic mass is 16.5. The van der Waals surface area contributed by atoms with E-state index in [4.69, 9.17) is 4.74 Å². The lowest BCUT2D eigenvalue weighted by atomic mass is 9.98. The molecule has 124 valence electrons. The number of benzene rings is 1. The van der Waals surface area contributed by atoms with Gasteiger partial charge >= 0.3 is 12.1 Å². The van der Waals surface area contributed by atoms with Crippen molar-refractivity contribution >= 4 is 12.1 Å². The molecule has 1 aromatic carbocycles. The van der Waals surface area contributed by atoms with Crippen LogP contribution < -0.4 is 0 Å². The number of carboxylic acid groups (broad SMARTS) is 1. The number of esters is 1. The summed E-state index contributed by atoms with van der Waals surface area (Å²) in [6.45, 7) is -0.302. The number of hydrogen-bond acceptors (Lipinski definition) is 4. The predicted molar refractivity (Wildman–Crippen MR) is 82.1 cm³/mol. The molecule has 3 unspecified atom stereocenters. The van der Waals surface area contributed by atoms with E-state index in [9.17, 15) is 19.8 Å². The molecule has 2 saturated heterocycles. The fraction of sp³-hybridized carbons (Fsp3) is 0.529. The third-order valence-electron chi connectivity index (χ3n) is 4.86. The number of aliphatic hydroxyl groups is 1. The van der Waals surface area contributed by atoms with Gasteiger partial charge in [0.05, 0.1) is 6.61 Å². The van der Waals surface area contributed by atoms with Crippen LogP contribution in [0.2, 0.25) is 0 Å². The van der Waals surface area contributed by atoms with Gasteiger partial charge in [-0.2, -0.15) is 0 Å². The van der Waals surface area contributed by atoms with Crippen molar-refractivity contribution in [3.8, 4) is 0 Å². The van der Waals surface area contributed by atoms with Crippen LogP contribution in [-0.2, 0) is 9.53 Å². The van der Waals surface area contributed by atoms with E-state index in [1.807, 2.05) is 18.2 Å². The van der Waals surface area contributed by atoms with Crippen LogP contribution in [0.1, 0.15) is 37.2 Å². The maximum absolute atomic E-state index is 12.4. The Morgan fingerprint density at radius 1 is 1.17 bits per heavy atom. The zero-order valence-electron chi connectivity index (χ0n) is 12.8. The van der Waals surface area contributed by atoms with E-state index in [1.165, 1.54) is 4.90 Å². The van der Waals surface area contributed by atoms with Crippen molar-refractivity contribution < 1.29 is 24.5 Å². The third kappa shape index (κ3) is 3.17. The van der Waals surface area contributed by atoms with Gasteiger partial charge in [-0.05, 0) is 18.4 Å². The first-order chi connectivity index (χ1) is 11.1. The number of aliphatic hydroxyl groups excluding tert-OH is 1. The predicted octanol–water partition coefficient (Wildman–Crippen LogP) is 1.98. The van der Waals surface area contributed by atoms with Crippen LogP contribution in [0.25, 0.3) is 0 Å². The lowest BCUT2D eigenvalue weighted by Crippen LogP contribution is -2.48. The van der Waals surface area contributed by atoms with Crippen molar-refractivity contribution in [3.05, 3.63) is 35.9 Å². The summed E-state index contributed by atoms with van der Waals surface area (Å²) in [7, 11) is 0. The first kappa shape index (κ1) is 15.8. The summed E-state index contributed by atoms with van der Waals surface area (Å²) in [5.74, 6) is -1.13. The topological polar surface area (TPSA) is 87.1 Å². The lowest BCUT2D eigenvalue weighted by molar-refractivity contribution is -0.155. The second-order valence-corrected chi connectivity index (χ2v) is 6.25. The SMILES string of the molecule is O=C(OC1CC2CCC(C1)N2C(=O)O)C(CO)c1ccccc1. The van der Waals surface area contributed by atoms with Crippen LogP contribution in [0.4, 0.5) is 4.79 Å². The van der Waals surface area contributed by atoms with Gasteiger partial charge in [-0.25, -0.2) is 4.79 Å². The monoisotopic (exact) mass is 319 g/mol. The Morgan fingerprint density at radius 3 is 2.30 bits per heavy atom. The fourth-order valence-corrected chi connectivity index (χ4v) is 3.78. The third-order valence-corrected chi connectivity index (χ3v) is 4.86. The molecule has 2 N–H and O–H groups in total. The van der Waals surface area contributed by atoms with Gasteiger partial charge < -0.3 is 19.8 Å². The molecule has 2 bridgehead atoms. The molecule has 0 spiro atoms. The van der Waals surface area contributed by atoms with Gasteiger partial charge in [-0.3, -0.25) is 4.79 Å². The zero-order valence-corrected chi connectivity index (χ0v) is 12.8. The van der Waals surface area contributed by atoms with E-state index < -0.39 is 18.0 Å². The highest BCUT2D eigenvalue weighted by Gasteiger charge is 2.44. The number of hydrogen-bond donors (Lipinski definition) is 2. The van der Waals surface area contributed by atoms with E-state index in [1.54, 1.807) is 12.1 Å². The zero-order chi connectivity index (χ0) is 16.4.